The van der Waals surface area contributed by atoms with Crippen LogP contribution in [0.2, 0.25) is 0 Å². The average Bonchev–Trinajstić information content (AvgIpc) is 1.58. The van der Waals surface area contributed by atoms with Crippen LogP contribution in [0.4, 0.5) is 34.1 Å². The van der Waals surface area contributed by atoms with Crippen LogP contribution in [0.1, 0.15) is 111 Å². The van der Waals surface area contributed by atoms with Crippen molar-refractivity contribution in [2.24, 2.45) is 0 Å². The van der Waals surface area contributed by atoms with Gasteiger partial charge in [0.05, 0.1) is 16.5 Å². The third kappa shape index (κ3) is 9.94. The summed E-state index contributed by atoms with van der Waals surface area (Å²) in [5.41, 5.74) is 41.8. The first-order chi connectivity index (χ1) is 53.3. The highest BCUT2D eigenvalue weighted by Crippen LogP contribution is 2.61. The van der Waals surface area contributed by atoms with Gasteiger partial charge in [-0.3, -0.25) is 0 Å². The van der Waals surface area contributed by atoms with Gasteiger partial charge in [0.2, 0.25) is 0 Å². The second kappa shape index (κ2) is 25.1. The van der Waals surface area contributed by atoms with Gasteiger partial charge in [-0.1, -0.05) is 313 Å². The van der Waals surface area contributed by atoms with Gasteiger partial charge in [-0.15, -0.1) is 0 Å². The molecule has 0 aromatic heterocycles. The molecule has 0 fully saturated rings. The van der Waals surface area contributed by atoms with Crippen molar-refractivity contribution in [1.82, 2.24) is 0 Å². The first-order valence-electron chi connectivity index (χ1n) is 38.5. The third-order valence-electron chi connectivity index (χ3n) is 24.9. The van der Waals surface area contributed by atoms with E-state index in [0.717, 1.165) is 28.4 Å². The first-order valence-corrected chi connectivity index (χ1v) is 38.5. The Morgan fingerprint density at radius 3 is 0.945 bits per heavy atom. The molecule has 16 aromatic rings. The molecule has 0 aliphatic heterocycles. The molecular formula is C107H82N2. The van der Waals surface area contributed by atoms with Crippen molar-refractivity contribution in [2.45, 2.75) is 70.1 Å². The molecule has 0 radical (unpaired) electrons. The summed E-state index contributed by atoms with van der Waals surface area (Å²) in [7, 11) is 0. The summed E-state index contributed by atoms with van der Waals surface area (Å²) in [5.74, 6) is 0. The van der Waals surface area contributed by atoms with E-state index in [1.807, 2.05) is 0 Å². The van der Waals surface area contributed by atoms with E-state index in [9.17, 15) is 0 Å². The standard InChI is InChI=1S/C107H82N2/c1-69-60-75(49-59-102(69)108(82-50-55-90-86-42-23-26-45-94(86)104(4,5)98(90)65-82)83-51-57-92-87-43-24-27-46-95(87)106(100(92)67-83,78-34-15-9-16-35-78)79-36-17-10-18-37-79)73-32-29-33-74(63-73)76-48-54-89-91-56-52-84(66-99(91)105(6,7)97(89)64-76)109(103-70(2)61-77(62-71(103)3)72-30-13-8-14-31-72)85-53-58-93-88-44-25-28-47-96(88)107(101(93)68-85,80-38-19-11-20-39-80)81-40-21-12-22-41-81/h8-68H,1-7H3. The Kier molecular flexibility index (Phi) is 15.1. The third-order valence-corrected chi connectivity index (χ3v) is 24.9. The minimum Gasteiger partial charge on any atom is -0.310 e. The molecule has 4 aliphatic carbocycles. The fourth-order valence-corrected chi connectivity index (χ4v) is 19.9. The van der Waals surface area contributed by atoms with Gasteiger partial charge < -0.3 is 9.80 Å². The number of hydrogen-bond acceptors (Lipinski definition) is 2. The zero-order valence-electron chi connectivity index (χ0n) is 62.6. The summed E-state index contributed by atoms with van der Waals surface area (Å²) in [6, 6.07) is 140. The maximum absolute atomic E-state index is 2.56. The maximum Gasteiger partial charge on any atom is 0.0714 e. The van der Waals surface area contributed by atoms with Crippen molar-refractivity contribution in [3.05, 3.63) is 454 Å². The molecular weight excluding hydrogens is 1310 g/mol. The number of benzene rings is 16. The Bertz CT molecular complexity index is 6220. The maximum atomic E-state index is 2.56. The first kappa shape index (κ1) is 65.6. The lowest BCUT2D eigenvalue weighted by atomic mass is 9.67. The summed E-state index contributed by atoms with van der Waals surface area (Å²) in [6.07, 6.45) is 0. The molecule has 0 bridgehead atoms. The topological polar surface area (TPSA) is 6.48 Å². The van der Waals surface area contributed by atoms with Gasteiger partial charge in [0.25, 0.3) is 0 Å². The van der Waals surface area contributed by atoms with E-state index in [2.05, 4.69) is 428 Å². The normalized spacial score (nSPS) is 14.3. The lowest BCUT2D eigenvalue weighted by Gasteiger charge is -2.35. The summed E-state index contributed by atoms with van der Waals surface area (Å²) in [4.78, 5) is 5.09. The summed E-state index contributed by atoms with van der Waals surface area (Å²) in [5, 5.41) is 0. The summed E-state index contributed by atoms with van der Waals surface area (Å²) < 4.78 is 0. The fraction of sp³-hybridized carbons (Fsp3) is 0.103. The molecule has 109 heavy (non-hydrogen) atoms. The van der Waals surface area contributed by atoms with E-state index >= 15 is 0 Å². The quantitative estimate of drug-likeness (QED) is 0.114. The highest BCUT2D eigenvalue weighted by atomic mass is 15.2. The van der Waals surface area contributed by atoms with Crippen LogP contribution in [0.25, 0.3) is 77.9 Å². The van der Waals surface area contributed by atoms with Crippen molar-refractivity contribution in [3.8, 4) is 77.9 Å². The van der Waals surface area contributed by atoms with Crippen LogP contribution in [0.5, 0.6) is 0 Å². The van der Waals surface area contributed by atoms with Crippen LogP contribution in [-0.2, 0) is 21.7 Å². The molecule has 4 aliphatic rings. The molecule has 520 valence electrons. The number of nitrogens with zero attached hydrogens (tertiary/aromatic N) is 2. The molecule has 0 heterocycles. The number of aryl methyl sites for hydroxylation is 3. The Labute approximate surface area is 641 Å². The zero-order valence-corrected chi connectivity index (χ0v) is 62.6. The van der Waals surface area contributed by atoms with Gasteiger partial charge in [-0.25, -0.2) is 0 Å². The lowest BCUT2D eigenvalue weighted by molar-refractivity contribution is 0.660. The lowest BCUT2D eigenvalue weighted by Crippen LogP contribution is -2.28. The Morgan fingerprint density at radius 1 is 0.193 bits per heavy atom. The van der Waals surface area contributed by atoms with E-state index < -0.39 is 10.8 Å². The van der Waals surface area contributed by atoms with Gasteiger partial charge in [-0.2, -0.15) is 0 Å². The molecule has 0 saturated heterocycles. The Hall–Kier alpha value is -12.9. The smallest absolute Gasteiger partial charge is 0.0714 e. The number of fused-ring (bicyclic) bond motifs is 12. The number of hydrogen-bond donors (Lipinski definition) is 0. The minimum atomic E-state index is -0.558. The summed E-state index contributed by atoms with van der Waals surface area (Å²) >= 11 is 0. The van der Waals surface area contributed by atoms with Gasteiger partial charge in [-0.05, 0) is 267 Å². The molecule has 2 heteroatoms. The predicted molar refractivity (Wildman–Crippen MR) is 456 cm³/mol. The van der Waals surface area contributed by atoms with E-state index in [1.165, 1.54) is 167 Å². The molecule has 20 rings (SSSR count). The monoisotopic (exact) mass is 1390 g/mol. The Morgan fingerprint density at radius 2 is 0.495 bits per heavy atom. The van der Waals surface area contributed by atoms with Crippen molar-refractivity contribution in [1.29, 1.82) is 0 Å². The van der Waals surface area contributed by atoms with Gasteiger partial charge >= 0.3 is 0 Å². The fourth-order valence-electron chi connectivity index (χ4n) is 19.9. The van der Waals surface area contributed by atoms with Gasteiger partial charge in [0, 0.05) is 39.3 Å². The minimum absolute atomic E-state index is 0.188. The predicted octanol–water partition coefficient (Wildman–Crippen LogP) is 27.9. The molecule has 16 aromatic carbocycles. The van der Waals surface area contributed by atoms with Crippen LogP contribution in [0, 0.1) is 20.8 Å². The highest BCUT2D eigenvalue weighted by Gasteiger charge is 2.49. The largest absolute Gasteiger partial charge is 0.310 e. The van der Waals surface area contributed by atoms with Crippen molar-refractivity contribution >= 4 is 34.1 Å². The van der Waals surface area contributed by atoms with Gasteiger partial charge in [0.15, 0.2) is 0 Å². The van der Waals surface area contributed by atoms with Crippen LogP contribution in [-0.4, -0.2) is 0 Å². The molecule has 2 nitrogen and oxygen atoms in total. The van der Waals surface area contributed by atoms with E-state index in [0.29, 0.717) is 0 Å². The second-order valence-electron chi connectivity index (χ2n) is 31.6. The molecule has 0 saturated carbocycles. The molecule has 0 amide bonds. The molecule has 0 spiro atoms. The van der Waals surface area contributed by atoms with Crippen molar-refractivity contribution < 1.29 is 0 Å². The van der Waals surface area contributed by atoms with Crippen LogP contribution >= 0.6 is 0 Å². The van der Waals surface area contributed by atoms with Crippen LogP contribution < -0.4 is 9.80 Å². The highest BCUT2D eigenvalue weighted by molar-refractivity contribution is 5.96. The Balaban J connectivity index is 0.678. The number of anilines is 6. The second-order valence-corrected chi connectivity index (χ2v) is 31.6. The average molecular weight is 1400 g/mol. The molecule has 0 N–H and O–H groups in total. The van der Waals surface area contributed by atoms with E-state index in [1.54, 1.807) is 0 Å². The molecule has 0 unspecified atom stereocenters. The van der Waals surface area contributed by atoms with Gasteiger partial charge in [0.1, 0.15) is 0 Å². The van der Waals surface area contributed by atoms with Crippen LogP contribution in [0.3, 0.4) is 0 Å². The number of rotatable bonds is 13. The van der Waals surface area contributed by atoms with Crippen molar-refractivity contribution in [2.75, 3.05) is 9.80 Å². The van der Waals surface area contributed by atoms with E-state index in [-0.39, 0.29) is 10.8 Å². The van der Waals surface area contributed by atoms with E-state index in [4.69, 9.17) is 0 Å². The van der Waals surface area contributed by atoms with Crippen LogP contribution in [0.15, 0.2) is 370 Å². The molecule has 0 atom stereocenters. The zero-order chi connectivity index (χ0) is 73.5. The summed E-state index contributed by atoms with van der Waals surface area (Å²) in [6.45, 7) is 16.5. The SMILES string of the molecule is Cc1cc(-c2cccc(-c3ccc4c(c3)C(C)(C)c3cc(N(c5ccc6c(c5)C(c5ccccc5)(c5ccccc5)c5ccccc5-6)c5c(C)cc(-c6ccccc6)cc5C)ccc3-4)c2)ccc1N(c1ccc2c(c1)C(C)(C)c1ccccc1-2)c1ccc2c(c1)C(c1ccccc1)(c1ccccc1)c1ccccc1-2. The van der Waals surface area contributed by atoms with Crippen molar-refractivity contribution in [3.63, 3.8) is 0 Å².